The molecule has 70 heavy (non-hydrogen) atoms. The highest BCUT2D eigenvalue weighted by atomic mass is 16.3. The quantitative estimate of drug-likeness (QED) is 0.151. The van der Waals surface area contributed by atoms with Crippen molar-refractivity contribution in [3.05, 3.63) is 317 Å². The maximum atomic E-state index is 6.83. The molecule has 12 aromatic rings. The molecule has 0 amide bonds. The molecule has 0 saturated carbocycles. The highest BCUT2D eigenvalue weighted by Crippen LogP contribution is 2.61. The van der Waals surface area contributed by atoms with Crippen LogP contribution >= 0.6 is 0 Å². The summed E-state index contributed by atoms with van der Waals surface area (Å²) in [5, 5.41) is 2.14. The fourth-order valence-electron chi connectivity index (χ4n) is 12.5. The number of nitrogens with zero attached hydrogens (tertiary/aromatic N) is 1. The van der Waals surface area contributed by atoms with Crippen molar-refractivity contribution >= 4 is 39.0 Å². The molecule has 2 heteroatoms. The fourth-order valence-corrected chi connectivity index (χ4v) is 12.5. The number of fused-ring (bicyclic) bond motifs is 9. The first-order chi connectivity index (χ1) is 34.7. The van der Waals surface area contributed by atoms with Crippen molar-refractivity contribution in [1.82, 2.24) is 0 Å². The van der Waals surface area contributed by atoms with Crippen molar-refractivity contribution in [1.29, 1.82) is 0 Å². The molecule has 11 aromatic carbocycles. The Morgan fingerprint density at radius 1 is 0.300 bits per heavy atom. The maximum Gasteiger partial charge on any atom is 0.137 e. The van der Waals surface area contributed by atoms with Gasteiger partial charge in [0.2, 0.25) is 0 Å². The van der Waals surface area contributed by atoms with E-state index in [1.807, 2.05) is 0 Å². The van der Waals surface area contributed by atoms with Gasteiger partial charge in [-0.05, 0) is 115 Å². The zero-order valence-electron chi connectivity index (χ0n) is 38.3. The van der Waals surface area contributed by atoms with Gasteiger partial charge in [-0.2, -0.15) is 0 Å². The summed E-state index contributed by atoms with van der Waals surface area (Å²) in [6, 6.07) is 101. The largest absolute Gasteiger partial charge is 0.456 e. The van der Waals surface area contributed by atoms with Crippen LogP contribution in [0.25, 0.3) is 55.3 Å². The summed E-state index contributed by atoms with van der Waals surface area (Å²) in [5.74, 6) is 0. The standard InChI is InChI=1S/C68H45NO/c1-5-22-46(23-6-1)47-42-43-63-56(44-47)66-62(40-21-41-64(66)70-63)69(52-31-19-30-51(45-52)68(50-28-11-4-12-29-50)57-35-16-13-32-53(57)54-33-14-17-36-58(54)68)61-39-20-38-60-65(61)55-34-15-18-37-59(55)67(60,48-24-7-2-8-25-48)49-26-9-3-10-27-49/h1-45H. The van der Waals surface area contributed by atoms with E-state index in [-0.39, 0.29) is 0 Å². The first-order valence-corrected chi connectivity index (χ1v) is 24.3. The second-order valence-electron chi connectivity index (χ2n) is 18.6. The number of benzene rings is 11. The number of hydrogen-bond donors (Lipinski definition) is 0. The summed E-state index contributed by atoms with van der Waals surface area (Å²) < 4.78 is 6.83. The summed E-state index contributed by atoms with van der Waals surface area (Å²) in [6.45, 7) is 0. The van der Waals surface area contributed by atoms with Gasteiger partial charge in [-0.15, -0.1) is 0 Å². The molecule has 0 unspecified atom stereocenters. The van der Waals surface area contributed by atoms with Crippen LogP contribution in [0, 0.1) is 0 Å². The van der Waals surface area contributed by atoms with Crippen molar-refractivity contribution in [2.24, 2.45) is 0 Å². The number of anilines is 3. The molecule has 2 aliphatic carbocycles. The van der Waals surface area contributed by atoms with Gasteiger partial charge in [-0.1, -0.05) is 231 Å². The van der Waals surface area contributed by atoms with Crippen LogP contribution in [-0.4, -0.2) is 0 Å². The zero-order chi connectivity index (χ0) is 46.2. The van der Waals surface area contributed by atoms with Crippen LogP contribution in [0.4, 0.5) is 17.1 Å². The van der Waals surface area contributed by atoms with Gasteiger partial charge >= 0.3 is 0 Å². The molecular weight excluding hydrogens is 847 g/mol. The van der Waals surface area contributed by atoms with E-state index in [1.54, 1.807) is 0 Å². The number of hydrogen-bond acceptors (Lipinski definition) is 2. The van der Waals surface area contributed by atoms with Crippen LogP contribution in [0.1, 0.15) is 44.5 Å². The minimum atomic E-state index is -0.587. The van der Waals surface area contributed by atoms with Crippen LogP contribution in [0.15, 0.2) is 277 Å². The lowest BCUT2D eigenvalue weighted by atomic mass is 9.67. The first-order valence-electron chi connectivity index (χ1n) is 24.3. The molecule has 0 saturated heterocycles. The van der Waals surface area contributed by atoms with Gasteiger partial charge in [0.15, 0.2) is 0 Å². The van der Waals surface area contributed by atoms with E-state index >= 15 is 0 Å². The van der Waals surface area contributed by atoms with E-state index in [0.717, 1.165) is 44.6 Å². The van der Waals surface area contributed by atoms with E-state index in [4.69, 9.17) is 4.42 Å². The molecule has 0 radical (unpaired) electrons. The molecule has 1 aromatic heterocycles. The van der Waals surface area contributed by atoms with E-state index in [0.29, 0.717) is 0 Å². The highest BCUT2D eigenvalue weighted by Gasteiger charge is 2.49. The minimum Gasteiger partial charge on any atom is -0.456 e. The van der Waals surface area contributed by atoms with Crippen molar-refractivity contribution in [2.75, 3.05) is 4.90 Å². The van der Waals surface area contributed by atoms with E-state index in [1.165, 1.54) is 72.3 Å². The predicted octanol–water partition coefficient (Wildman–Crippen LogP) is 17.4. The lowest BCUT2D eigenvalue weighted by molar-refractivity contribution is 0.669. The zero-order valence-corrected chi connectivity index (χ0v) is 38.3. The Balaban J connectivity index is 1.10. The van der Waals surface area contributed by atoms with Gasteiger partial charge in [0.05, 0.1) is 27.6 Å². The Kier molecular flexibility index (Phi) is 9.06. The second kappa shape index (κ2) is 15.8. The van der Waals surface area contributed by atoms with Gasteiger partial charge in [-0.3, -0.25) is 0 Å². The van der Waals surface area contributed by atoms with Gasteiger partial charge in [-0.25, -0.2) is 0 Å². The molecule has 0 atom stereocenters. The summed E-state index contributed by atoms with van der Waals surface area (Å²) in [7, 11) is 0. The Hall–Kier alpha value is -8.98. The molecule has 2 aliphatic rings. The van der Waals surface area contributed by atoms with Gasteiger partial charge in [0, 0.05) is 16.6 Å². The van der Waals surface area contributed by atoms with Crippen molar-refractivity contribution in [3.63, 3.8) is 0 Å². The smallest absolute Gasteiger partial charge is 0.137 e. The molecule has 14 rings (SSSR count). The third kappa shape index (κ3) is 5.68. The van der Waals surface area contributed by atoms with Gasteiger partial charge in [0.1, 0.15) is 11.2 Å². The summed E-state index contributed by atoms with van der Waals surface area (Å²) in [5.41, 5.74) is 21.0. The third-order valence-corrected chi connectivity index (χ3v) is 15.2. The molecule has 0 bridgehead atoms. The van der Waals surface area contributed by atoms with Gasteiger partial charge in [0.25, 0.3) is 0 Å². The van der Waals surface area contributed by atoms with Crippen LogP contribution < -0.4 is 4.90 Å². The summed E-state index contributed by atoms with van der Waals surface area (Å²) in [6.07, 6.45) is 0. The van der Waals surface area contributed by atoms with Crippen LogP contribution in [0.2, 0.25) is 0 Å². The Labute approximate surface area is 408 Å². The topological polar surface area (TPSA) is 16.4 Å². The second-order valence-corrected chi connectivity index (χ2v) is 18.6. The van der Waals surface area contributed by atoms with E-state index < -0.39 is 10.8 Å². The van der Waals surface area contributed by atoms with Crippen molar-refractivity contribution < 1.29 is 4.42 Å². The van der Waals surface area contributed by atoms with Gasteiger partial charge < -0.3 is 9.32 Å². The summed E-state index contributed by atoms with van der Waals surface area (Å²) >= 11 is 0. The average Bonchev–Trinajstić information content (AvgIpc) is 4.08. The molecular formula is C68H45NO. The first kappa shape index (κ1) is 40.1. The normalized spacial score (nSPS) is 13.7. The highest BCUT2D eigenvalue weighted by molar-refractivity contribution is 6.15. The molecule has 328 valence electrons. The third-order valence-electron chi connectivity index (χ3n) is 15.2. The Bertz CT molecular complexity index is 3860. The molecule has 0 spiro atoms. The fraction of sp³-hybridized carbons (Fsp3) is 0.0294. The molecule has 0 N–H and O–H groups in total. The minimum absolute atomic E-state index is 0.578. The van der Waals surface area contributed by atoms with E-state index in [9.17, 15) is 0 Å². The summed E-state index contributed by atoms with van der Waals surface area (Å²) in [4.78, 5) is 2.53. The Morgan fingerprint density at radius 2 is 0.771 bits per heavy atom. The number of rotatable bonds is 8. The van der Waals surface area contributed by atoms with Crippen molar-refractivity contribution in [2.45, 2.75) is 10.8 Å². The lowest BCUT2D eigenvalue weighted by Gasteiger charge is -2.36. The molecule has 0 aliphatic heterocycles. The Morgan fingerprint density at radius 3 is 1.40 bits per heavy atom. The monoisotopic (exact) mass is 891 g/mol. The molecule has 0 fully saturated rings. The SMILES string of the molecule is c1ccc(-c2ccc3oc4cccc(N(c5cccc(C6(c7ccccc7)c7ccccc7-c7ccccc76)c5)c5cccc6c5-c5ccccc5C6(c5ccccc5)c5ccccc5)c4c3c2)cc1. The number of furan rings is 1. The van der Waals surface area contributed by atoms with E-state index in [2.05, 4.69) is 278 Å². The average molecular weight is 892 g/mol. The van der Waals surface area contributed by atoms with Crippen LogP contribution in [-0.2, 0) is 10.8 Å². The maximum absolute atomic E-state index is 6.83. The van der Waals surface area contributed by atoms with Crippen LogP contribution in [0.5, 0.6) is 0 Å². The van der Waals surface area contributed by atoms with Crippen molar-refractivity contribution in [3.8, 4) is 33.4 Å². The molecule has 2 nitrogen and oxygen atoms in total. The lowest BCUT2D eigenvalue weighted by Crippen LogP contribution is -2.29. The van der Waals surface area contributed by atoms with Crippen LogP contribution in [0.3, 0.4) is 0 Å². The molecule has 1 heterocycles. The predicted molar refractivity (Wildman–Crippen MR) is 288 cm³/mol.